The van der Waals surface area contributed by atoms with E-state index in [-0.39, 0.29) is 6.10 Å². The van der Waals surface area contributed by atoms with E-state index in [1.807, 2.05) is 29.5 Å². The second-order valence-electron chi connectivity index (χ2n) is 1.75. The molecule has 1 N–H and O–H groups in total. The summed E-state index contributed by atoms with van der Waals surface area (Å²) in [6, 6.07) is 0. The first kappa shape index (κ1) is 8.43. The van der Waals surface area contributed by atoms with E-state index in [0.717, 1.165) is 16.4 Å². The smallest absolute Gasteiger partial charge is 0.0840 e. The van der Waals surface area contributed by atoms with E-state index in [2.05, 4.69) is 6.58 Å². The lowest BCUT2D eigenvalue weighted by molar-refractivity contribution is 0.210. The molecule has 1 unspecified atom stereocenters. The molecule has 0 fully saturated rings. The van der Waals surface area contributed by atoms with Gasteiger partial charge in [0.25, 0.3) is 0 Å². The Morgan fingerprint density at radius 1 is 1.88 bits per heavy atom. The van der Waals surface area contributed by atoms with Crippen LogP contribution in [0.2, 0.25) is 0 Å². The van der Waals surface area contributed by atoms with Crippen LogP contribution in [0.1, 0.15) is 19.8 Å². The van der Waals surface area contributed by atoms with Gasteiger partial charge in [-0.15, -0.1) is 0 Å². The molecule has 0 saturated carbocycles. The normalized spacial score (nSPS) is 13.4. The fourth-order valence-corrected chi connectivity index (χ4v) is 0.741. The third kappa shape index (κ3) is 3.43. The van der Waals surface area contributed by atoms with E-state index in [0.29, 0.717) is 0 Å². The van der Waals surface area contributed by atoms with E-state index in [9.17, 15) is 0 Å². The highest BCUT2D eigenvalue weighted by Crippen LogP contribution is 2.12. The Hall–Kier alpha value is 0.430. The molecule has 0 radical (unpaired) electrons. The molecule has 48 valence electrons. The standard InChI is InChI=1S/C6H11IO/c1-3-4-6(8)5(2)7/h6,8H,2-4H2,1H3. The minimum absolute atomic E-state index is 0.291. The summed E-state index contributed by atoms with van der Waals surface area (Å²) < 4.78 is 0.837. The third-order valence-electron chi connectivity index (χ3n) is 0.924. The van der Waals surface area contributed by atoms with Gasteiger partial charge >= 0.3 is 0 Å². The summed E-state index contributed by atoms with van der Waals surface area (Å²) in [5, 5.41) is 9.02. The molecule has 0 amide bonds. The molecule has 1 nitrogen and oxygen atoms in total. The summed E-state index contributed by atoms with van der Waals surface area (Å²) in [6.45, 7) is 5.65. The van der Waals surface area contributed by atoms with Crippen molar-refractivity contribution >= 4 is 22.6 Å². The molecule has 0 aromatic carbocycles. The highest BCUT2D eigenvalue weighted by atomic mass is 127. The predicted octanol–water partition coefficient (Wildman–Crippen LogP) is 2.10. The average molecular weight is 226 g/mol. The van der Waals surface area contributed by atoms with Crippen LogP contribution in [-0.2, 0) is 0 Å². The molecule has 8 heavy (non-hydrogen) atoms. The summed E-state index contributed by atoms with van der Waals surface area (Å²) in [6.07, 6.45) is 1.56. The van der Waals surface area contributed by atoms with Crippen molar-refractivity contribution in [3.05, 3.63) is 10.2 Å². The maximum Gasteiger partial charge on any atom is 0.0840 e. The van der Waals surface area contributed by atoms with Crippen LogP contribution in [-0.4, -0.2) is 11.2 Å². The number of aliphatic hydroxyl groups is 1. The van der Waals surface area contributed by atoms with Crippen molar-refractivity contribution in [1.29, 1.82) is 0 Å². The molecule has 0 aliphatic rings. The van der Waals surface area contributed by atoms with Gasteiger partial charge in [-0.3, -0.25) is 0 Å². The monoisotopic (exact) mass is 226 g/mol. The van der Waals surface area contributed by atoms with Gasteiger partial charge in [-0.2, -0.15) is 0 Å². The van der Waals surface area contributed by atoms with Crippen molar-refractivity contribution in [2.24, 2.45) is 0 Å². The van der Waals surface area contributed by atoms with Gasteiger partial charge in [0.15, 0.2) is 0 Å². The Morgan fingerprint density at radius 2 is 2.38 bits per heavy atom. The topological polar surface area (TPSA) is 20.2 Å². The number of hydrogen-bond acceptors (Lipinski definition) is 1. The Labute approximate surface area is 63.9 Å². The fourth-order valence-electron chi connectivity index (χ4n) is 0.430. The van der Waals surface area contributed by atoms with Crippen LogP contribution in [0.15, 0.2) is 10.2 Å². The van der Waals surface area contributed by atoms with Crippen molar-refractivity contribution < 1.29 is 5.11 Å². The van der Waals surface area contributed by atoms with E-state index in [1.165, 1.54) is 0 Å². The molecule has 0 rings (SSSR count). The minimum Gasteiger partial charge on any atom is -0.388 e. The first-order valence-electron chi connectivity index (χ1n) is 2.70. The number of rotatable bonds is 3. The molecule has 0 aliphatic heterocycles. The Kier molecular flexibility index (Phi) is 4.56. The van der Waals surface area contributed by atoms with Gasteiger partial charge in [-0.25, -0.2) is 0 Å². The first-order valence-corrected chi connectivity index (χ1v) is 3.78. The Morgan fingerprint density at radius 3 is 2.50 bits per heavy atom. The molecule has 0 saturated heterocycles. The molecule has 0 spiro atoms. The molecule has 2 heteroatoms. The predicted molar refractivity (Wildman–Crippen MR) is 44.1 cm³/mol. The summed E-state index contributed by atoms with van der Waals surface area (Å²) in [7, 11) is 0. The summed E-state index contributed by atoms with van der Waals surface area (Å²) in [4.78, 5) is 0. The highest BCUT2D eigenvalue weighted by molar-refractivity contribution is 14.1. The second kappa shape index (κ2) is 4.32. The SMILES string of the molecule is C=C(I)C(O)CCC. The third-order valence-corrected chi connectivity index (χ3v) is 1.64. The van der Waals surface area contributed by atoms with Gasteiger partial charge in [0.05, 0.1) is 6.10 Å². The quantitative estimate of drug-likeness (QED) is 0.730. The van der Waals surface area contributed by atoms with E-state index in [1.54, 1.807) is 0 Å². The van der Waals surface area contributed by atoms with Crippen molar-refractivity contribution in [2.45, 2.75) is 25.9 Å². The van der Waals surface area contributed by atoms with Gasteiger partial charge in [-0.1, -0.05) is 19.9 Å². The number of aliphatic hydroxyl groups excluding tert-OH is 1. The molecular weight excluding hydrogens is 215 g/mol. The van der Waals surface area contributed by atoms with Gasteiger partial charge in [0, 0.05) is 3.58 Å². The molecule has 1 atom stereocenters. The lowest BCUT2D eigenvalue weighted by atomic mass is 10.2. The van der Waals surface area contributed by atoms with Crippen molar-refractivity contribution in [2.75, 3.05) is 0 Å². The largest absolute Gasteiger partial charge is 0.388 e. The zero-order valence-corrected chi connectivity index (χ0v) is 7.18. The minimum atomic E-state index is -0.291. The molecule has 0 heterocycles. The van der Waals surface area contributed by atoms with Crippen LogP contribution < -0.4 is 0 Å². The summed E-state index contributed by atoms with van der Waals surface area (Å²) in [5.74, 6) is 0. The van der Waals surface area contributed by atoms with Crippen molar-refractivity contribution in [3.63, 3.8) is 0 Å². The van der Waals surface area contributed by atoms with E-state index >= 15 is 0 Å². The molecule has 0 bridgehead atoms. The highest BCUT2D eigenvalue weighted by Gasteiger charge is 2.01. The Balaban J connectivity index is 3.32. The van der Waals surface area contributed by atoms with Crippen LogP contribution in [0.5, 0.6) is 0 Å². The first-order chi connectivity index (χ1) is 3.68. The van der Waals surface area contributed by atoms with Crippen LogP contribution in [0.25, 0.3) is 0 Å². The van der Waals surface area contributed by atoms with Crippen LogP contribution in [0.4, 0.5) is 0 Å². The second-order valence-corrected chi connectivity index (χ2v) is 3.14. The van der Waals surface area contributed by atoms with Crippen molar-refractivity contribution in [3.8, 4) is 0 Å². The lowest BCUT2D eigenvalue weighted by Gasteiger charge is -2.04. The van der Waals surface area contributed by atoms with Gasteiger partial charge in [0.2, 0.25) is 0 Å². The molecule has 0 aliphatic carbocycles. The number of halogens is 1. The zero-order chi connectivity index (χ0) is 6.57. The Bertz CT molecular complexity index is 80.6. The van der Waals surface area contributed by atoms with E-state index < -0.39 is 0 Å². The average Bonchev–Trinajstić information content (AvgIpc) is 1.67. The summed E-state index contributed by atoms with van der Waals surface area (Å²) in [5.41, 5.74) is 0. The number of hydrogen-bond donors (Lipinski definition) is 1. The van der Waals surface area contributed by atoms with Crippen molar-refractivity contribution in [1.82, 2.24) is 0 Å². The molecule has 0 aromatic heterocycles. The summed E-state index contributed by atoms with van der Waals surface area (Å²) >= 11 is 2.05. The lowest BCUT2D eigenvalue weighted by Crippen LogP contribution is -2.03. The maximum absolute atomic E-state index is 9.02. The maximum atomic E-state index is 9.02. The fraction of sp³-hybridized carbons (Fsp3) is 0.667. The molecule has 0 aromatic rings. The zero-order valence-electron chi connectivity index (χ0n) is 5.02. The van der Waals surface area contributed by atoms with Crippen LogP contribution in [0.3, 0.4) is 0 Å². The van der Waals surface area contributed by atoms with Gasteiger partial charge in [0.1, 0.15) is 0 Å². The van der Waals surface area contributed by atoms with Gasteiger partial charge < -0.3 is 5.11 Å². The van der Waals surface area contributed by atoms with Crippen LogP contribution >= 0.6 is 22.6 Å². The van der Waals surface area contributed by atoms with E-state index in [4.69, 9.17) is 5.11 Å². The molecular formula is C6H11IO. The van der Waals surface area contributed by atoms with Crippen LogP contribution in [0, 0.1) is 0 Å². The van der Waals surface area contributed by atoms with Gasteiger partial charge in [-0.05, 0) is 29.0 Å².